The van der Waals surface area contributed by atoms with Gasteiger partial charge in [0, 0.05) is 6.20 Å². The Kier molecular flexibility index (Phi) is 4.36. The summed E-state index contributed by atoms with van der Waals surface area (Å²) in [5.41, 5.74) is 0.246. The largest absolute Gasteiger partial charge is 0.463 e. The van der Waals surface area contributed by atoms with E-state index in [0.717, 1.165) is 0 Å². The summed E-state index contributed by atoms with van der Waals surface area (Å²) in [6.45, 7) is 1.58. The van der Waals surface area contributed by atoms with Crippen molar-refractivity contribution in [3.63, 3.8) is 0 Å². The number of pyridine rings is 1. The predicted molar refractivity (Wildman–Crippen MR) is 67.6 cm³/mol. The van der Waals surface area contributed by atoms with E-state index < -0.39 is 5.97 Å². The quantitative estimate of drug-likeness (QED) is 0.653. The average Bonchev–Trinajstić information content (AvgIpc) is 2.79. The molecule has 0 saturated carbocycles. The van der Waals surface area contributed by atoms with Gasteiger partial charge in [-0.2, -0.15) is 4.98 Å². The van der Waals surface area contributed by atoms with Gasteiger partial charge < -0.3 is 14.7 Å². The van der Waals surface area contributed by atoms with E-state index in [1.807, 2.05) is 0 Å². The molecule has 0 atom stereocenters. The summed E-state index contributed by atoms with van der Waals surface area (Å²) in [5.74, 6) is -0.548. The molecule has 0 aliphatic rings. The van der Waals surface area contributed by atoms with Crippen LogP contribution in [0.3, 0.4) is 0 Å². The van der Waals surface area contributed by atoms with E-state index in [1.54, 1.807) is 19.1 Å². The van der Waals surface area contributed by atoms with Crippen LogP contribution in [0, 0.1) is 0 Å². The van der Waals surface area contributed by atoms with Crippen molar-refractivity contribution in [2.24, 2.45) is 0 Å². The number of aromatic nitrogens is 4. The highest BCUT2D eigenvalue weighted by Crippen LogP contribution is 2.24. The van der Waals surface area contributed by atoms with Gasteiger partial charge in [-0.05, 0) is 19.1 Å². The van der Waals surface area contributed by atoms with Crippen molar-refractivity contribution < 1.29 is 19.5 Å². The van der Waals surface area contributed by atoms with Gasteiger partial charge in [0.2, 0.25) is 5.82 Å². The molecule has 0 bridgehead atoms. The summed E-state index contributed by atoms with van der Waals surface area (Å²) >= 11 is 5.94. The molecular weight excluding hydrogens is 288 g/mol. The smallest absolute Gasteiger partial charge is 0.344 e. The highest BCUT2D eigenvalue weighted by atomic mass is 35.5. The summed E-state index contributed by atoms with van der Waals surface area (Å²) in [7, 11) is 0. The van der Waals surface area contributed by atoms with Gasteiger partial charge in [-0.15, -0.1) is 0 Å². The van der Waals surface area contributed by atoms with Crippen LogP contribution < -0.4 is 4.74 Å². The fraction of sp³-hybridized carbons (Fsp3) is 0.273. The number of rotatable bonds is 5. The second kappa shape index (κ2) is 6.20. The Hall–Kier alpha value is -2.35. The number of nitrogens with zero attached hydrogens (tertiary/aromatic N) is 4. The van der Waals surface area contributed by atoms with Gasteiger partial charge in [0.05, 0.1) is 11.6 Å². The van der Waals surface area contributed by atoms with Gasteiger partial charge in [0.25, 0.3) is 0 Å². The Morgan fingerprint density at radius 1 is 1.55 bits per heavy atom. The van der Waals surface area contributed by atoms with Gasteiger partial charge in [-0.1, -0.05) is 21.5 Å². The normalized spacial score (nSPS) is 10.3. The average molecular weight is 299 g/mol. The molecule has 9 heteroatoms. The van der Waals surface area contributed by atoms with Crippen LogP contribution in [0.15, 0.2) is 18.3 Å². The maximum absolute atomic E-state index is 11.1. The van der Waals surface area contributed by atoms with Gasteiger partial charge in [-0.25, -0.2) is 4.79 Å². The summed E-state index contributed by atoms with van der Waals surface area (Å²) in [5, 5.41) is 13.5. The van der Waals surface area contributed by atoms with Gasteiger partial charge in [-0.3, -0.25) is 4.98 Å². The van der Waals surface area contributed by atoms with Crippen molar-refractivity contribution in [2.75, 3.05) is 13.2 Å². The summed E-state index contributed by atoms with van der Waals surface area (Å²) < 4.78 is 9.68. The fourth-order valence-electron chi connectivity index (χ4n) is 1.37. The van der Waals surface area contributed by atoms with E-state index in [1.165, 1.54) is 6.20 Å². The number of hydrogen-bond acceptors (Lipinski definition) is 7. The summed E-state index contributed by atoms with van der Waals surface area (Å²) in [6.07, 6.45) is 1.50. The maximum atomic E-state index is 11.1. The van der Waals surface area contributed by atoms with Crippen LogP contribution in [-0.4, -0.2) is 44.3 Å². The van der Waals surface area contributed by atoms with Crippen molar-refractivity contribution in [1.82, 2.24) is 19.9 Å². The van der Waals surface area contributed by atoms with Crippen molar-refractivity contribution in [3.8, 4) is 17.5 Å². The van der Waals surface area contributed by atoms with Gasteiger partial charge >= 0.3 is 12.0 Å². The van der Waals surface area contributed by atoms with Crippen LogP contribution in [0.25, 0.3) is 11.5 Å². The summed E-state index contributed by atoms with van der Waals surface area (Å²) in [6, 6.07) is 3.05. The van der Waals surface area contributed by atoms with E-state index in [0.29, 0.717) is 9.87 Å². The minimum absolute atomic E-state index is 0.00876. The number of carbonyl (C=O) groups is 1. The molecule has 2 aromatic rings. The van der Waals surface area contributed by atoms with Crippen LogP contribution in [0.4, 0.5) is 0 Å². The van der Waals surface area contributed by atoms with Crippen LogP contribution in [0.2, 0.25) is 5.02 Å². The first-order valence-electron chi connectivity index (χ1n) is 5.67. The zero-order valence-corrected chi connectivity index (χ0v) is 11.2. The molecule has 2 rings (SSSR count). The molecule has 1 N–H and O–H groups in total. The monoisotopic (exact) mass is 298 g/mol. The van der Waals surface area contributed by atoms with Crippen molar-refractivity contribution in [3.05, 3.63) is 23.4 Å². The fourth-order valence-corrected chi connectivity index (χ4v) is 1.58. The SMILES string of the molecule is CCOC(=O)COc1nc(-c2ncccc2Cl)n(O)n1. The Morgan fingerprint density at radius 2 is 2.35 bits per heavy atom. The minimum atomic E-state index is -0.556. The lowest BCUT2D eigenvalue weighted by molar-refractivity contribution is -0.145. The molecule has 0 saturated heterocycles. The van der Waals surface area contributed by atoms with E-state index >= 15 is 0 Å². The molecule has 8 nitrogen and oxygen atoms in total. The lowest BCUT2D eigenvalue weighted by atomic mass is 10.3. The van der Waals surface area contributed by atoms with E-state index in [9.17, 15) is 10.0 Å². The van der Waals surface area contributed by atoms with E-state index in [2.05, 4.69) is 19.8 Å². The van der Waals surface area contributed by atoms with Crippen molar-refractivity contribution in [1.29, 1.82) is 0 Å². The third-order valence-corrected chi connectivity index (χ3v) is 2.47. The zero-order valence-electron chi connectivity index (χ0n) is 10.5. The molecule has 0 fully saturated rings. The number of esters is 1. The van der Waals surface area contributed by atoms with E-state index in [4.69, 9.17) is 16.3 Å². The second-order valence-electron chi connectivity index (χ2n) is 3.53. The van der Waals surface area contributed by atoms with E-state index in [-0.39, 0.29) is 30.7 Å². The number of halogens is 1. The Labute approximate surface area is 118 Å². The zero-order chi connectivity index (χ0) is 14.5. The third-order valence-electron chi connectivity index (χ3n) is 2.17. The highest BCUT2D eigenvalue weighted by molar-refractivity contribution is 6.32. The highest BCUT2D eigenvalue weighted by Gasteiger charge is 2.17. The van der Waals surface area contributed by atoms with Crippen molar-refractivity contribution >= 4 is 17.6 Å². The first-order valence-corrected chi connectivity index (χ1v) is 6.05. The lowest BCUT2D eigenvalue weighted by Crippen LogP contribution is -2.15. The Morgan fingerprint density at radius 3 is 3.05 bits per heavy atom. The molecule has 20 heavy (non-hydrogen) atoms. The molecule has 0 aliphatic heterocycles. The molecule has 0 spiro atoms. The number of ether oxygens (including phenoxy) is 2. The lowest BCUT2D eigenvalue weighted by Gasteiger charge is -2.00. The van der Waals surface area contributed by atoms with Gasteiger partial charge in [0.1, 0.15) is 5.69 Å². The molecule has 0 aliphatic carbocycles. The van der Waals surface area contributed by atoms with Crippen LogP contribution >= 0.6 is 11.6 Å². The van der Waals surface area contributed by atoms with Crippen LogP contribution in [0.5, 0.6) is 6.01 Å². The van der Waals surface area contributed by atoms with Gasteiger partial charge in [0.15, 0.2) is 6.61 Å². The minimum Gasteiger partial charge on any atom is -0.463 e. The predicted octanol–water partition coefficient (Wildman–Crippen LogP) is 1.17. The topological polar surface area (TPSA) is 99.4 Å². The van der Waals surface area contributed by atoms with Crippen LogP contribution in [-0.2, 0) is 9.53 Å². The maximum Gasteiger partial charge on any atom is 0.344 e. The Bertz CT molecular complexity index is 616. The molecule has 2 heterocycles. The first kappa shape index (κ1) is 14.1. The standard InChI is InChI=1S/C11H11ClN4O4/c1-2-19-8(17)6-20-11-14-10(16(18)15-11)9-7(12)4-3-5-13-9/h3-5,18H,2,6H2,1H3. The van der Waals surface area contributed by atoms with Crippen LogP contribution in [0.1, 0.15) is 6.92 Å². The Balaban J connectivity index is 2.14. The molecular formula is C11H11ClN4O4. The molecule has 2 aromatic heterocycles. The molecule has 106 valence electrons. The second-order valence-corrected chi connectivity index (χ2v) is 3.94. The summed E-state index contributed by atoms with van der Waals surface area (Å²) in [4.78, 5) is 19.5. The third kappa shape index (κ3) is 3.15. The molecule has 0 amide bonds. The number of carbonyl (C=O) groups excluding carboxylic acids is 1. The number of hydrogen-bond donors (Lipinski definition) is 1. The molecule has 0 aromatic carbocycles. The first-order chi connectivity index (χ1) is 9.61. The molecule has 0 radical (unpaired) electrons. The van der Waals surface area contributed by atoms with Crippen molar-refractivity contribution in [2.45, 2.75) is 6.92 Å². The molecule has 0 unspecified atom stereocenters.